The molecule has 1 N–H and O–H groups in total. The number of aliphatic hydroxyl groups excluding tert-OH is 1. The molecule has 4 heteroatoms. The maximum Gasteiger partial charge on any atom is 0.124 e. The predicted molar refractivity (Wildman–Crippen MR) is 77.8 cm³/mol. The molecule has 20 heavy (non-hydrogen) atoms. The van der Waals surface area contributed by atoms with Crippen molar-refractivity contribution in [3.63, 3.8) is 0 Å². The second kappa shape index (κ2) is 8.70. The summed E-state index contributed by atoms with van der Waals surface area (Å²) in [5.74, 6) is 5.37. The van der Waals surface area contributed by atoms with Crippen LogP contribution in [0.1, 0.15) is 24.5 Å². The molecule has 0 aliphatic heterocycles. The van der Waals surface area contributed by atoms with Gasteiger partial charge in [-0.15, -0.1) is 0 Å². The predicted octanol–water partition coefficient (Wildman–Crippen LogP) is 2.03. The van der Waals surface area contributed by atoms with Crippen molar-refractivity contribution in [3.8, 4) is 11.8 Å². The van der Waals surface area contributed by atoms with Gasteiger partial charge in [-0.25, -0.2) is 4.39 Å². The first-order valence-electron chi connectivity index (χ1n) is 6.65. The van der Waals surface area contributed by atoms with Gasteiger partial charge in [0.05, 0.1) is 13.2 Å². The molecule has 0 aliphatic carbocycles. The lowest BCUT2D eigenvalue weighted by Crippen LogP contribution is -2.32. The lowest BCUT2D eigenvalue weighted by Gasteiger charge is -2.24. The van der Waals surface area contributed by atoms with Gasteiger partial charge in [0.2, 0.25) is 0 Å². The van der Waals surface area contributed by atoms with Gasteiger partial charge in [0.25, 0.3) is 0 Å². The van der Waals surface area contributed by atoms with Crippen molar-refractivity contribution < 1.29 is 14.2 Å². The van der Waals surface area contributed by atoms with Crippen molar-refractivity contribution in [2.75, 3.05) is 27.4 Å². The van der Waals surface area contributed by atoms with Crippen LogP contribution >= 0.6 is 0 Å². The fourth-order valence-corrected chi connectivity index (χ4v) is 1.85. The van der Waals surface area contributed by atoms with E-state index < -0.39 is 0 Å². The molecule has 0 fully saturated rings. The number of likely N-dealkylation sites (N-methyl/N-ethyl adjacent to an activating group) is 1. The summed E-state index contributed by atoms with van der Waals surface area (Å²) in [6.07, 6.45) is 0.399. The Labute approximate surface area is 120 Å². The Bertz CT molecular complexity index is 479. The van der Waals surface area contributed by atoms with E-state index in [4.69, 9.17) is 9.84 Å². The van der Waals surface area contributed by atoms with Crippen LogP contribution in [0.4, 0.5) is 4.39 Å². The van der Waals surface area contributed by atoms with Crippen molar-refractivity contribution in [3.05, 3.63) is 35.1 Å². The third-order valence-corrected chi connectivity index (χ3v) is 3.02. The molecular formula is C16H22FNO2. The Balaban J connectivity index is 2.78. The first kappa shape index (κ1) is 16.6. The highest BCUT2D eigenvalue weighted by atomic mass is 19.1. The van der Waals surface area contributed by atoms with Crippen molar-refractivity contribution in [1.82, 2.24) is 4.90 Å². The van der Waals surface area contributed by atoms with Gasteiger partial charge in [-0.2, -0.15) is 0 Å². The molecule has 3 nitrogen and oxygen atoms in total. The first-order chi connectivity index (χ1) is 9.56. The number of nitrogens with zero attached hydrogens (tertiary/aromatic N) is 1. The van der Waals surface area contributed by atoms with E-state index in [0.29, 0.717) is 25.1 Å². The molecule has 1 rings (SSSR count). The highest BCUT2D eigenvalue weighted by molar-refractivity contribution is 5.37. The Kier molecular flexibility index (Phi) is 7.24. The number of methoxy groups -OCH3 is 1. The molecule has 0 saturated carbocycles. The average Bonchev–Trinajstić information content (AvgIpc) is 2.38. The Hall–Kier alpha value is -1.41. The monoisotopic (exact) mass is 279 g/mol. The molecule has 0 amide bonds. The number of rotatable bonds is 6. The number of hydrogen-bond donors (Lipinski definition) is 1. The van der Waals surface area contributed by atoms with E-state index in [-0.39, 0.29) is 18.5 Å². The van der Waals surface area contributed by atoms with Crippen molar-refractivity contribution >= 4 is 0 Å². The third-order valence-electron chi connectivity index (χ3n) is 3.02. The van der Waals surface area contributed by atoms with Crippen molar-refractivity contribution in [2.24, 2.45) is 0 Å². The van der Waals surface area contributed by atoms with Gasteiger partial charge in [0.15, 0.2) is 0 Å². The molecular weight excluding hydrogens is 257 g/mol. The lowest BCUT2D eigenvalue weighted by atomic mass is 10.1. The number of ether oxygens (including phenoxy) is 1. The highest BCUT2D eigenvalue weighted by Crippen LogP contribution is 2.12. The molecule has 1 atom stereocenters. The molecule has 0 heterocycles. The van der Waals surface area contributed by atoms with Gasteiger partial charge in [0, 0.05) is 31.7 Å². The van der Waals surface area contributed by atoms with E-state index >= 15 is 0 Å². The fraction of sp³-hybridized carbons (Fsp3) is 0.500. The summed E-state index contributed by atoms with van der Waals surface area (Å²) in [4.78, 5) is 2.10. The normalized spacial score (nSPS) is 12.1. The van der Waals surface area contributed by atoms with Gasteiger partial charge >= 0.3 is 0 Å². The zero-order valence-electron chi connectivity index (χ0n) is 12.3. The van der Waals surface area contributed by atoms with Crippen LogP contribution in [0.25, 0.3) is 0 Å². The van der Waals surface area contributed by atoms with Crippen LogP contribution in [0.3, 0.4) is 0 Å². The number of benzene rings is 1. The maximum atomic E-state index is 13.6. The van der Waals surface area contributed by atoms with E-state index in [2.05, 4.69) is 23.7 Å². The molecule has 0 aromatic heterocycles. The SMILES string of the molecule is COCC(C)N(C)Cc1cc(F)cc(C#CCCO)c1. The molecule has 1 aromatic rings. The van der Waals surface area contributed by atoms with Crippen LogP contribution < -0.4 is 0 Å². The summed E-state index contributed by atoms with van der Waals surface area (Å²) in [5.41, 5.74) is 1.52. The lowest BCUT2D eigenvalue weighted by molar-refractivity contribution is 0.112. The number of halogens is 1. The maximum absolute atomic E-state index is 13.6. The molecule has 0 spiro atoms. The molecule has 110 valence electrons. The van der Waals surface area contributed by atoms with Gasteiger partial charge < -0.3 is 9.84 Å². The van der Waals surface area contributed by atoms with Crippen LogP contribution in [0.2, 0.25) is 0 Å². The highest BCUT2D eigenvalue weighted by Gasteiger charge is 2.10. The Morgan fingerprint density at radius 2 is 2.15 bits per heavy atom. The fourth-order valence-electron chi connectivity index (χ4n) is 1.85. The van der Waals surface area contributed by atoms with E-state index in [9.17, 15) is 4.39 Å². The van der Waals surface area contributed by atoms with Crippen LogP contribution in [0.5, 0.6) is 0 Å². The van der Waals surface area contributed by atoms with Crippen molar-refractivity contribution in [2.45, 2.75) is 25.9 Å². The van der Waals surface area contributed by atoms with Gasteiger partial charge in [-0.1, -0.05) is 11.8 Å². The quantitative estimate of drug-likeness (QED) is 0.809. The van der Waals surface area contributed by atoms with Crippen LogP contribution in [-0.4, -0.2) is 43.4 Å². The average molecular weight is 279 g/mol. The molecule has 0 aliphatic rings. The number of aliphatic hydroxyl groups is 1. The summed E-state index contributed by atoms with van der Waals surface area (Å²) < 4.78 is 18.7. The smallest absolute Gasteiger partial charge is 0.124 e. The molecule has 0 saturated heterocycles. The summed E-state index contributed by atoms with van der Waals surface area (Å²) in [6.45, 7) is 3.35. The first-order valence-corrected chi connectivity index (χ1v) is 6.65. The topological polar surface area (TPSA) is 32.7 Å². The van der Waals surface area contributed by atoms with Gasteiger partial charge in [-0.05, 0) is 37.7 Å². The Morgan fingerprint density at radius 1 is 1.40 bits per heavy atom. The summed E-state index contributed by atoms with van der Waals surface area (Å²) in [5, 5.41) is 8.69. The second-order valence-electron chi connectivity index (χ2n) is 4.84. The Morgan fingerprint density at radius 3 is 2.80 bits per heavy atom. The molecule has 0 bridgehead atoms. The number of hydrogen-bond acceptors (Lipinski definition) is 3. The minimum Gasteiger partial charge on any atom is -0.395 e. The van der Waals surface area contributed by atoms with E-state index in [1.807, 2.05) is 13.1 Å². The standard InChI is InChI=1S/C16H22FNO2/c1-13(12-20-3)18(2)11-15-8-14(6-4-5-7-19)9-16(17)10-15/h8-10,13,19H,5,7,11-12H2,1-3H3. The third kappa shape index (κ3) is 5.70. The van der Waals surface area contributed by atoms with Crippen LogP contribution in [0, 0.1) is 17.7 Å². The van der Waals surface area contributed by atoms with Crippen LogP contribution in [0.15, 0.2) is 18.2 Å². The van der Waals surface area contributed by atoms with E-state index in [1.165, 1.54) is 12.1 Å². The molecule has 0 radical (unpaired) electrons. The second-order valence-corrected chi connectivity index (χ2v) is 4.84. The van der Waals surface area contributed by atoms with Gasteiger partial charge in [-0.3, -0.25) is 4.90 Å². The summed E-state index contributed by atoms with van der Waals surface area (Å²) >= 11 is 0. The molecule has 1 aromatic carbocycles. The van der Waals surface area contributed by atoms with Crippen LogP contribution in [-0.2, 0) is 11.3 Å². The summed E-state index contributed by atoms with van der Waals surface area (Å²) in [7, 11) is 3.65. The zero-order valence-corrected chi connectivity index (χ0v) is 12.3. The van der Waals surface area contributed by atoms with E-state index in [1.54, 1.807) is 7.11 Å². The minimum atomic E-state index is -0.288. The largest absolute Gasteiger partial charge is 0.395 e. The summed E-state index contributed by atoms with van der Waals surface area (Å²) in [6, 6.07) is 5.07. The van der Waals surface area contributed by atoms with Crippen molar-refractivity contribution in [1.29, 1.82) is 0 Å². The van der Waals surface area contributed by atoms with E-state index in [0.717, 1.165) is 5.56 Å². The molecule has 1 unspecified atom stereocenters. The zero-order chi connectivity index (χ0) is 15.0. The minimum absolute atomic E-state index is 0.0203. The van der Waals surface area contributed by atoms with Gasteiger partial charge in [0.1, 0.15) is 5.82 Å².